The molecule has 0 aromatic heterocycles. The number of hydrogen-bond donors (Lipinski definition) is 0. The third kappa shape index (κ3) is 1.10. The van der Waals surface area contributed by atoms with E-state index in [2.05, 4.69) is 0 Å². The minimum Gasteiger partial charge on any atom is -0.401 e. The highest BCUT2D eigenvalue weighted by molar-refractivity contribution is 5.98. The Bertz CT molecular complexity index is 80.5. The van der Waals surface area contributed by atoms with Crippen molar-refractivity contribution in [1.29, 1.82) is 0 Å². The van der Waals surface area contributed by atoms with E-state index in [0.717, 1.165) is 29.9 Å². The zero-order valence-corrected chi connectivity index (χ0v) is 7.44. The van der Waals surface area contributed by atoms with Crippen LogP contribution in [0.4, 0.5) is 0 Å². The maximum atomic E-state index is 5.30. The lowest BCUT2D eigenvalue weighted by Gasteiger charge is -2.12. The molecular formula is C5H12O2Si. The van der Waals surface area contributed by atoms with Gasteiger partial charge in [-0.1, -0.05) is 0 Å². The predicted molar refractivity (Wildman–Crippen MR) is 34.6 cm³/mol. The van der Waals surface area contributed by atoms with Crippen LogP contribution in [0.15, 0.2) is 0 Å². The first-order chi connectivity index (χ1) is 3.83. The van der Waals surface area contributed by atoms with Gasteiger partial charge in [0.1, 0.15) is 10.5 Å². The number of rotatable bonds is 3. The lowest BCUT2D eigenvalue weighted by molar-refractivity contribution is -0.0969. The molecule has 0 radical (unpaired) electrons. The molecular weight excluding hydrogens is 120 g/mol. The first kappa shape index (κ1) is 6.26. The topological polar surface area (TPSA) is 18.5 Å². The van der Waals surface area contributed by atoms with E-state index in [1.807, 2.05) is 6.92 Å². The molecule has 0 aromatic rings. The molecule has 1 aliphatic rings. The molecule has 0 heterocycles. The highest BCUT2D eigenvalue weighted by Crippen LogP contribution is 2.39. The normalized spacial score (nSPS) is 23.6. The van der Waals surface area contributed by atoms with Crippen LogP contribution in [0.5, 0.6) is 0 Å². The Morgan fingerprint density at radius 1 is 1.62 bits per heavy atom. The van der Waals surface area contributed by atoms with Crippen molar-refractivity contribution < 1.29 is 9.16 Å². The van der Waals surface area contributed by atoms with Crippen LogP contribution >= 0.6 is 0 Å². The van der Waals surface area contributed by atoms with Crippen LogP contribution in [0, 0.1) is 0 Å². The van der Waals surface area contributed by atoms with Gasteiger partial charge in [0.2, 0.25) is 0 Å². The Hall–Kier alpha value is 0.137. The van der Waals surface area contributed by atoms with E-state index in [-0.39, 0.29) is 5.79 Å². The van der Waals surface area contributed by atoms with Crippen molar-refractivity contribution in [2.24, 2.45) is 0 Å². The van der Waals surface area contributed by atoms with Gasteiger partial charge in [0.15, 0.2) is 5.79 Å². The van der Waals surface area contributed by atoms with Crippen molar-refractivity contribution in [2.45, 2.75) is 25.6 Å². The monoisotopic (exact) mass is 132 g/mol. The molecule has 0 N–H and O–H groups in total. The highest BCUT2D eigenvalue weighted by atomic mass is 28.2. The number of ether oxygens (including phenoxy) is 1. The van der Waals surface area contributed by atoms with Gasteiger partial charge in [0, 0.05) is 19.4 Å². The summed E-state index contributed by atoms with van der Waals surface area (Å²) in [5, 5.41) is 0. The molecule has 3 heteroatoms. The van der Waals surface area contributed by atoms with Crippen molar-refractivity contribution in [1.82, 2.24) is 0 Å². The number of hydrogen-bond acceptors (Lipinski definition) is 2. The van der Waals surface area contributed by atoms with Crippen molar-refractivity contribution in [2.75, 3.05) is 6.61 Å². The van der Waals surface area contributed by atoms with Gasteiger partial charge in [-0.15, -0.1) is 0 Å². The van der Waals surface area contributed by atoms with E-state index < -0.39 is 0 Å². The fourth-order valence-electron chi connectivity index (χ4n) is 0.772. The summed E-state index contributed by atoms with van der Waals surface area (Å²) in [6.45, 7) is 2.78. The predicted octanol–water partition coefficient (Wildman–Crippen LogP) is -0.190. The standard InChI is InChI=1S/C5H12O2Si/c1-2-6-5(7-8)3-4-5/h2-4H2,1,8H3. The Morgan fingerprint density at radius 2 is 2.25 bits per heavy atom. The molecule has 1 aliphatic carbocycles. The summed E-state index contributed by atoms with van der Waals surface area (Å²) in [7, 11) is 0.799. The first-order valence-corrected chi connectivity index (χ1v) is 3.84. The summed E-state index contributed by atoms with van der Waals surface area (Å²) in [5.41, 5.74) is 0. The van der Waals surface area contributed by atoms with Crippen LogP contribution in [0.1, 0.15) is 19.8 Å². The van der Waals surface area contributed by atoms with Gasteiger partial charge in [-0.3, -0.25) is 0 Å². The van der Waals surface area contributed by atoms with E-state index in [4.69, 9.17) is 9.16 Å². The van der Waals surface area contributed by atoms with Gasteiger partial charge in [-0.05, 0) is 6.92 Å². The second-order valence-corrected chi connectivity index (χ2v) is 2.46. The van der Waals surface area contributed by atoms with E-state index in [0.29, 0.717) is 0 Å². The second-order valence-electron chi connectivity index (χ2n) is 2.05. The second kappa shape index (κ2) is 2.17. The summed E-state index contributed by atoms with van der Waals surface area (Å²) < 4.78 is 10.5. The fourth-order valence-corrected chi connectivity index (χ4v) is 1.30. The third-order valence-electron chi connectivity index (χ3n) is 1.44. The van der Waals surface area contributed by atoms with Gasteiger partial charge < -0.3 is 9.16 Å². The minimum atomic E-state index is -0.0963. The molecule has 1 saturated carbocycles. The molecule has 0 spiro atoms. The van der Waals surface area contributed by atoms with Crippen molar-refractivity contribution in [3.63, 3.8) is 0 Å². The molecule has 0 saturated heterocycles. The van der Waals surface area contributed by atoms with Gasteiger partial charge in [0.25, 0.3) is 0 Å². The minimum absolute atomic E-state index is 0.0963. The van der Waals surface area contributed by atoms with Crippen molar-refractivity contribution >= 4 is 10.5 Å². The van der Waals surface area contributed by atoms with Crippen LogP contribution in [-0.4, -0.2) is 22.9 Å². The molecule has 1 fully saturated rings. The molecule has 0 aliphatic heterocycles. The van der Waals surface area contributed by atoms with Crippen LogP contribution in [-0.2, 0) is 9.16 Å². The van der Waals surface area contributed by atoms with Crippen molar-refractivity contribution in [3.8, 4) is 0 Å². The Balaban J connectivity index is 2.20. The van der Waals surface area contributed by atoms with Crippen LogP contribution < -0.4 is 0 Å². The summed E-state index contributed by atoms with van der Waals surface area (Å²) >= 11 is 0. The Labute approximate surface area is 52.7 Å². The van der Waals surface area contributed by atoms with Crippen LogP contribution in [0.3, 0.4) is 0 Å². The van der Waals surface area contributed by atoms with Crippen LogP contribution in [0.25, 0.3) is 0 Å². The molecule has 0 unspecified atom stereocenters. The Morgan fingerprint density at radius 3 is 2.38 bits per heavy atom. The average Bonchev–Trinajstić information content (AvgIpc) is 2.50. The first-order valence-electron chi connectivity index (χ1n) is 3.02. The third-order valence-corrected chi connectivity index (χ3v) is 2.18. The van der Waals surface area contributed by atoms with Gasteiger partial charge in [0.05, 0.1) is 0 Å². The molecule has 8 heavy (non-hydrogen) atoms. The molecule has 0 bridgehead atoms. The van der Waals surface area contributed by atoms with E-state index >= 15 is 0 Å². The summed E-state index contributed by atoms with van der Waals surface area (Å²) in [4.78, 5) is 0. The van der Waals surface area contributed by atoms with E-state index in [9.17, 15) is 0 Å². The zero-order valence-electron chi connectivity index (χ0n) is 5.44. The quantitative estimate of drug-likeness (QED) is 0.391. The average molecular weight is 132 g/mol. The maximum absolute atomic E-state index is 5.30. The lowest BCUT2D eigenvalue weighted by atomic mass is 10.7. The van der Waals surface area contributed by atoms with Gasteiger partial charge in [-0.25, -0.2) is 0 Å². The van der Waals surface area contributed by atoms with E-state index in [1.165, 1.54) is 0 Å². The molecule has 0 aromatic carbocycles. The summed E-state index contributed by atoms with van der Waals surface area (Å²) in [5.74, 6) is -0.0963. The fraction of sp³-hybridized carbons (Fsp3) is 1.00. The molecule has 1 rings (SSSR count). The molecule has 0 atom stereocenters. The lowest BCUT2D eigenvalue weighted by Crippen LogP contribution is -2.16. The maximum Gasteiger partial charge on any atom is 0.158 e. The molecule has 0 amide bonds. The molecule has 48 valence electrons. The smallest absolute Gasteiger partial charge is 0.158 e. The summed E-state index contributed by atoms with van der Waals surface area (Å²) in [6.07, 6.45) is 2.20. The SMILES string of the molecule is CCOC1(O[SiH3])CC1. The van der Waals surface area contributed by atoms with Gasteiger partial charge >= 0.3 is 0 Å². The largest absolute Gasteiger partial charge is 0.401 e. The Kier molecular flexibility index (Phi) is 1.70. The van der Waals surface area contributed by atoms with Crippen LogP contribution in [0.2, 0.25) is 0 Å². The van der Waals surface area contributed by atoms with Gasteiger partial charge in [-0.2, -0.15) is 0 Å². The van der Waals surface area contributed by atoms with Crippen molar-refractivity contribution in [3.05, 3.63) is 0 Å². The van der Waals surface area contributed by atoms with E-state index in [1.54, 1.807) is 0 Å². The molecule has 2 nitrogen and oxygen atoms in total. The zero-order chi connectivity index (χ0) is 6.04. The summed E-state index contributed by atoms with van der Waals surface area (Å²) in [6, 6.07) is 0. The highest BCUT2D eigenvalue weighted by Gasteiger charge is 2.43.